The van der Waals surface area contributed by atoms with Crippen LogP contribution in [0.15, 0.2) is 33.2 Å². The molecule has 3 heterocycles. The number of hydrogen-bond acceptors (Lipinski definition) is 9. The third-order valence-corrected chi connectivity index (χ3v) is 6.16. The van der Waals surface area contributed by atoms with E-state index in [9.17, 15) is 22.8 Å². The minimum atomic E-state index is -4.51. The third kappa shape index (κ3) is 5.65. The quantitative estimate of drug-likeness (QED) is 0.384. The number of hydroxylamine groups is 1. The van der Waals surface area contributed by atoms with Crippen LogP contribution < -0.4 is 27.8 Å². The van der Waals surface area contributed by atoms with E-state index in [4.69, 9.17) is 10.6 Å². The molecule has 0 saturated carbocycles. The van der Waals surface area contributed by atoms with Crippen LogP contribution in [0.3, 0.4) is 0 Å². The Morgan fingerprint density at radius 3 is 2.73 bits per heavy atom. The van der Waals surface area contributed by atoms with Gasteiger partial charge in [0.2, 0.25) is 0 Å². The van der Waals surface area contributed by atoms with E-state index in [1.807, 2.05) is 17.4 Å². The number of nitrogens with two attached hydrogens (primary N) is 1. The Morgan fingerprint density at radius 1 is 1.36 bits per heavy atom. The summed E-state index contributed by atoms with van der Waals surface area (Å²) >= 11 is 1.57. The topological polar surface area (TPSA) is 135 Å². The highest BCUT2D eigenvalue weighted by atomic mass is 32.2. The maximum Gasteiger partial charge on any atom is 0.390 e. The van der Waals surface area contributed by atoms with Crippen LogP contribution in [0.5, 0.6) is 0 Å². The summed E-state index contributed by atoms with van der Waals surface area (Å²) in [6.45, 7) is 0.977. The van der Waals surface area contributed by atoms with Crippen LogP contribution in [0.25, 0.3) is 0 Å². The lowest BCUT2D eigenvalue weighted by Crippen LogP contribution is -2.43. The minimum absolute atomic E-state index is 0.0333. The predicted molar refractivity (Wildman–Crippen MR) is 118 cm³/mol. The van der Waals surface area contributed by atoms with Gasteiger partial charge in [-0.15, -0.1) is 11.8 Å². The molecule has 2 aromatic rings. The lowest BCUT2D eigenvalue weighted by atomic mass is 10.3. The molecule has 2 atom stereocenters. The SMILES string of the molecule is C[C@@H](CONC1=CSC(c2cn[nH]c2)N1C)Nc1c(N)n(C)c(=O)n(CCC(F)(F)F)c1=O. The van der Waals surface area contributed by atoms with Crippen LogP contribution >= 0.6 is 11.8 Å². The summed E-state index contributed by atoms with van der Waals surface area (Å²) in [5.41, 5.74) is 7.71. The van der Waals surface area contributed by atoms with Crippen LogP contribution in [0.2, 0.25) is 0 Å². The summed E-state index contributed by atoms with van der Waals surface area (Å²) < 4.78 is 39.2. The first-order valence-corrected chi connectivity index (χ1v) is 10.8. The van der Waals surface area contributed by atoms with Gasteiger partial charge in [-0.25, -0.2) is 4.79 Å². The van der Waals surface area contributed by atoms with Crippen LogP contribution in [-0.2, 0) is 18.4 Å². The maximum absolute atomic E-state index is 12.6. The summed E-state index contributed by atoms with van der Waals surface area (Å²) in [5.74, 6) is 0.542. The summed E-state index contributed by atoms with van der Waals surface area (Å²) in [6, 6.07) is -0.467. The van der Waals surface area contributed by atoms with Crippen LogP contribution in [0, 0.1) is 0 Å². The van der Waals surface area contributed by atoms with Crippen molar-refractivity contribution in [3.8, 4) is 0 Å². The van der Waals surface area contributed by atoms with E-state index in [0.29, 0.717) is 4.57 Å². The number of alkyl halides is 3. The van der Waals surface area contributed by atoms with Gasteiger partial charge < -0.3 is 16.0 Å². The van der Waals surface area contributed by atoms with Crippen molar-refractivity contribution in [2.24, 2.45) is 7.05 Å². The second-order valence-electron chi connectivity index (χ2n) is 7.52. The van der Waals surface area contributed by atoms with Gasteiger partial charge in [0, 0.05) is 43.9 Å². The molecule has 0 bridgehead atoms. The molecule has 3 rings (SSSR count). The molecule has 0 radical (unpaired) electrons. The van der Waals surface area contributed by atoms with E-state index in [-0.39, 0.29) is 23.5 Å². The van der Waals surface area contributed by atoms with Crippen molar-refractivity contribution < 1.29 is 18.0 Å². The Labute approximate surface area is 190 Å². The maximum atomic E-state index is 12.6. The molecule has 11 nitrogen and oxygen atoms in total. The molecule has 0 aliphatic carbocycles. The number of hydrogen-bond donors (Lipinski definition) is 4. The normalized spacial score (nSPS) is 17.2. The van der Waals surface area contributed by atoms with Crippen LogP contribution in [-0.4, -0.2) is 50.1 Å². The number of anilines is 2. The number of nitrogen functional groups attached to an aromatic ring is 1. The molecule has 0 spiro atoms. The second kappa shape index (κ2) is 9.82. The number of H-pyrrole nitrogens is 1. The first-order chi connectivity index (χ1) is 15.5. The molecule has 33 heavy (non-hydrogen) atoms. The number of rotatable bonds is 9. The van der Waals surface area contributed by atoms with Crippen LogP contribution in [0.4, 0.5) is 24.7 Å². The average molecular weight is 491 g/mol. The molecule has 1 unspecified atom stereocenters. The van der Waals surface area contributed by atoms with Gasteiger partial charge in [0.15, 0.2) is 0 Å². The van der Waals surface area contributed by atoms with Gasteiger partial charge in [-0.1, -0.05) is 0 Å². The fourth-order valence-corrected chi connectivity index (χ4v) is 4.16. The summed E-state index contributed by atoms with van der Waals surface area (Å²) in [5, 5.41) is 11.5. The Balaban J connectivity index is 1.61. The third-order valence-electron chi connectivity index (χ3n) is 4.96. The van der Waals surface area contributed by atoms with E-state index >= 15 is 0 Å². The zero-order valence-electron chi connectivity index (χ0n) is 18.1. The molecule has 2 aromatic heterocycles. The molecule has 15 heteroatoms. The van der Waals surface area contributed by atoms with Crippen molar-refractivity contribution in [2.45, 2.75) is 37.5 Å². The number of thioether (sulfide) groups is 1. The molecule has 0 amide bonds. The molecule has 5 N–H and O–H groups in total. The summed E-state index contributed by atoms with van der Waals surface area (Å²) in [7, 11) is 3.17. The zero-order chi connectivity index (χ0) is 24.3. The molecular weight excluding hydrogens is 465 g/mol. The monoisotopic (exact) mass is 490 g/mol. The van der Waals surface area contributed by atoms with E-state index in [1.165, 1.54) is 7.05 Å². The van der Waals surface area contributed by atoms with Gasteiger partial charge in [-0.05, 0) is 6.92 Å². The molecule has 1 aliphatic rings. The number of halogens is 3. The highest BCUT2D eigenvalue weighted by Crippen LogP contribution is 2.39. The van der Waals surface area contributed by atoms with E-state index in [1.54, 1.807) is 31.1 Å². The number of aromatic nitrogens is 4. The smallest absolute Gasteiger partial charge is 0.383 e. The van der Waals surface area contributed by atoms with E-state index < -0.39 is 36.4 Å². The van der Waals surface area contributed by atoms with Crippen molar-refractivity contribution in [2.75, 3.05) is 24.7 Å². The average Bonchev–Trinajstić information content (AvgIpc) is 3.39. The second-order valence-corrected chi connectivity index (χ2v) is 8.47. The highest BCUT2D eigenvalue weighted by Gasteiger charge is 2.29. The number of aromatic amines is 1. The minimum Gasteiger partial charge on any atom is -0.383 e. The van der Waals surface area contributed by atoms with Crippen molar-refractivity contribution in [3.63, 3.8) is 0 Å². The van der Waals surface area contributed by atoms with Gasteiger partial charge in [0.05, 0.1) is 19.2 Å². The molecule has 0 saturated heterocycles. The number of nitrogens with zero attached hydrogens (tertiary/aromatic N) is 4. The van der Waals surface area contributed by atoms with Crippen LogP contribution in [0.1, 0.15) is 24.3 Å². The molecule has 0 fully saturated rings. The highest BCUT2D eigenvalue weighted by molar-refractivity contribution is 8.02. The Bertz CT molecular complexity index is 1110. The van der Waals surface area contributed by atoms with Gasteiger partial charge in [-0.2, -0.15) is 18.3 Å². The van der Waals surface area contributed by atoms with E-state index in [2.05, 4.69) is 21.0 Å². The fourth-order valence-electron chi connectivity index (χ4n) is 3.11. The number of nitrogens with one attached hydrogen (secondary N) is 3. The van der Waals surface area contributed by atoms with Crippen molar-refractivity contribution in [3.05, 3.63) is 50.0 Å². The molecular formula is C18H25F3N8O3S. The van der Waals surface area contributed by atoms with Gasteiger partial charge >= 0.3 is 11.9 Å². The van der Waals surface area contributed by atoms with Crippen molar-refractivity contribution >= 4 is 23.3 Å². The van der Waals surface area contributed by atoms with Crippen molar-refractivity contribution in [1.82, 2.24) is 29.7 Å². The van der Waals surface area contributed by atoms with Gasteiger partial charge in [0.1, 0.15) is 22.7 Å². The Kier molecular flexibility index (Phi) is 7.31. The Hall–Kier alpha value is -3.07. The van der Waals surface area contributed by atoms with Gasteiger partial charge in [0.25, 0.3) is 5.56 Å². The van der Waals surface area contributed by atoms with Crippen molar-refractivity contribution in [1.29, 1.82) is 0 Å². The summed E-state index contributed by atoms with van der Waals surface area (Å²) in [4.78, 5) is 32.3. The summed E-state index contributed by atoms with van der Waals surface area (Å²) in [6.07, 6.45) is -2.29. The Morgan fingerprint density at radius 2 is 2.09 bits per heavy atom. The first-order valence-electron chi connectivity index (χ1n) is 9.87. The standard InChI is InChI=1S/C18H25F3N8O3S/c1-10(8-32-26-12-9-33-16(27(12)2)11-6-23-24-7-11)25-13-14(22)28(3)17(31)29(15(13)30)5-4-18(19,20)21/h6-7,9-10,16,25-26H,4-5,8,22H2,1-3H3,(H,23,24)/t10-,16?/m0/s1. The zero-order valence-corrected chi connectivity index (χ0v) is 19.0. The van der Waals surface area contributed by atoms with E-state index in [0.717, 1.165) is 16.0 Å². The molecule has 182 valence electrons. The fraction of sp³-hybridized carbons (Fsp3) is 0.500. The lowest BCUT2D eigenvalue weighted by molar-refractivity contribution is -0.137. The lowest BCUT2D eigenvalue weighted by Gasteiger charge is -2.24. The molecule has 1 aliphatic heterocycles. The predicted octanol–water partition coefficient (Wildman–Crippen LogP) is 1.30. The van der Waals surface area contributed by atoms with Gasteiger partial charge in [-0.3, -0.25) is 29.3 Å². The first kappa shape index (κ1) is 24.6. The largest absolute Gasteiger partial charge is 0.390 e. The molecule has 0 aromatic carbocycles.